The molecule has 1 aromatic rings. The number of benzene rings is 1. The highest BCUT2D eigenvalue weighted by Gasteiger charge is 2.08. The number of aliphatic carboxylic acids is 1. The number of hydrogen-bond donors (Lipinski definition) is 4. The number of nitrogens with one attached hydrogen (secondary N) is 1. The van der Waals surface area contributed by atoms with Gasteiger partial charge in [0.15, 0.2) is 0 Å². The Bertz CT molecular complexity index is 699. The Labute approximate surface area is 194 Å². The first-order valence-corrected chi connectivity index (χ1v) is 12.2. The molecule has 0 radical (unpaired) electrons. The van der Waals surface area contributed by atoms with Gasteiger partial charge in [0.05, 0.1) is 6.10 Å². The summed E-state index contributed by atoms with van der Waals surface area (Å²) in [5.74, 6) is -0.103. The zero-order valence-corrected chi connectivity index (χ0v) is 19.9. The van der Waals surface area contributed by atoms with Crippen molar-refractivity contribution in [3.8, 4) is 5.75 Å². The molecule has 0 fully saturated rings. The van der Waals surface area contributed by atoms with Crippen LogP contribution < -0.4 is 5.32 Å². The number of aromatic hydroxyl groups is 1. The fraction of sp³-hybridized carbons (Fsp3) is 0.593. The molecule has 32 heavy (non-hydrogen) atoms. The molecule has 5 nitrogen and oxygen atoms in total. The number of aliphatic hydroxyl groups is 1. The molecule has 1 aromatic carbocycles. The highest BCUT2D eigenvalue weighted by Crippen LogP contribution is 2.20. The minimum absolute atomic E-state index is 0.249. The number of phenols is 1. The second kappa shape index (κ2) is 17.4. The van der Waals surface area contributed by atoms with Crippen molar-refractivity contribution in [1.82, 2.24) is 5.32 Å². The Morgan fingerprint density at radius 2 is 1.84 bits per heavy atom. The van der Waals surface area contributed by atoms with E-state index in [0.717, 1.165) is 75.5 Å². The molecule has 1 rings (SSSR count). The van der Waals surface area contributed by atoms with Crippen LogP contribution in [-0.2, 0) is 11.2 Å². The standard InChI is InChI=1S/C27H43NO4/c1-3-4-7-13-25(29)17-16-23(18-22-12-10-14-26(30)20-22)19-24(21-28-2)11-8-5-6-9-15-27(31)32/h10,12,14,16-17,19-20,24-25,28-30H,3-9,11,13,15,18,21H2,1-2H3,(H,31,32)/b17-16+,23-19-/t24-,25-/m0/s1. The van der Waals surface area contributed by atoms with E-state index >= 15 is 0 Å². The fourth-order valence-corrected chi connectivity index (χ4v) is 3.86. The van der Waals surface area contributed by atoms with Gasteiger partial charge in [0.2, 0.25) is 0 Å². The number of phenolic OH excluding ortho intramolecular Hbond substituents is 1. The molecule has 180 valence electrons. The Kier molecular flexibility index (Phi) is 15.2. The molecule has 0 saturated heterocycles. The molecule has 5 heteroatoms. The van der Waals surface area contributed by atoms with Crippen molar-refractivity contribution in [3.63, 3.8) is 0 Å². The molecule has 0 aromatic heterocycles. The number of carboxylic acid groups (broad SMARTS) is 1. The van der Waals surface area contributed by atoms with Crippen molar-refractivity contribution in [2.45, 2.75) is 83.7 Å². The lowest BCUT2D eigenvalue weighted by molar-refractivity contribution is -0.137. The van der Waals surface area contributed by atoms with E-state index in [-0.39, 0.29) is 12.2 Å². The number of aliphatic hydroxyl groups excluding tert-OH is 1. The smallest absolute Gasteiger partial charge is 0.303 e. The first-order valence-electron chi connectivity index (χ1n) is 12.2. The van der Waals surface area contributed by atoms with Crippen molar-refractivity contribution >= 4 is 5.97 Å². The monoisotopic (exact) mass is 445 g/mol. The van der Waals surface area contributed by atoms with Crippen LogP contribution in [-0.4, -0.2) is 41.0 Å². The number of carbonyl (C=O) groups is 1. The van der Waals surface area contributed by atoms with E-state index in [1.165, 1.54) is 0 Å². The largest absolute Gasteiger partial charge is 0.508 e. The average Bonchev–Trinajstić information content (AvgIpc) is 2.74. The van der Waals surface area contributed by atoms with Gasteiger partial charge in [-0.3, -0.25) is 4.79 Å². The van der Waals surface area contributed by atoms with E-state index in [2.05, 4.69) is 18.3 Å². The number of rotatable bonds is 18. The van der Waals surface area contributed by atoms with Crippen LogP contribution in [0.1, 0.15) is 76.7 Å². The number of carboxylic acids is 1. The second-order valence-electron chi connectivity index (χ2n) is 8.67. The maximum absolute atomic E-state index is 10.6. The van der Waals surface area contributed by atoms with Gasteiger partial charge in [-0.25, -0.2) is 0 Å². The van der Waals surface area contributed by atoms with Crippen molar-refractivity contribution in [3.05, 3.63) is 53.6 Å². The lowest BCUT2D eigenvalue weighted by Crippen LogP contribution is -2.17. The Morgan fingerprint density at radius 3 is 2.53 bits per heavy atom. The van der Waals surface area contributed by atoms with Crippen LogP contribution in [0.2, 0.25) is 0 Å². The molecular formula is C27H43NO4. The van der Waals surface area contributed by atoms with E-state index in [9.17, 15) is 15.0 Å². The molecule has 0 saturated carbocycles. The van der Waals surface area contributed by atoms with Crippen molar-refractivity contribution < 1.29 is 20.1 Å². The third-order valence-corrected chi connectivity index (χ3v) is 5.59. The zero-order valence-electron chi connectivity index (χ0n) is 19.9. The van der Waals surface area contributed by atoms with Gasteiger partial charge in [-0.1, -0.05) is 75.8 Å². The number of hydrogen-bond acceptors (Lipinski definition) is 4. The highest BCUT2D eigenvalue weighted by atomic mass is 16.4. The van der Waals surface area contributed by atoms with Crippen molar-refractivity contribution in [1.29, 1.82) is 0 Å². The number of allylic oxidation sites excluding steroid dienone is 2. The molecule has 0 unspecified atom stereocenters. The van der Waals surface area contributed by atoms with Crippen LogP contribution in [0.3, 0.4) is 0 Å². The maximum Gasteiger partial charge on any atom is 0.303 e. The van der Waals surface area contributed by atoms with Gasteiger partial charge in [-0.2, -0.15) is 0 Å². The molecule has 0 bridgehead atoms. The molecule has 0 heterocycles. The van der Waals surface area contributed by atoms with Crippen LogP contribution in [0.4, 0.5) is 0 Å². The van der Waals surface area contributed by atoms with Crippen LogP contribution in [0.15, 0.2) is 48.1 Å². The topological polar surface area (TPSA) is 89.8 Å². The summed E-state index contributed by atoms with van der Waals surface area (Å²) in [5, 5.41) is 32.2. The van der Waals surface area contributed by atoms with Gasteiger partial charge in [0.25, 0.3) is 0 Å². The molecule has 0 aliphatic heterocycles. The summed E-state index contributed by atoms with van der Waals surface area (Å²) in [4.78, 5) is 10.6. The van der Waals surface area contributed by atoms with E-state index in [4.69, 9.17) is 5.11 Å². The van der Waals surface area contributed by atoms with Crippen molar-refractivity contribution in [2.75, 3.05) is 13.6 Å². The van der Waals surface area contributed by atoms with E-state index in [0.29, 0.717) is 12.3 Å². The SMILES string of the molecule is CCCCC[C@H](O)/C=C/C(=C/[C@H](CCCCCCC(=O)O)CNC)Cc1cccc(O)c1. The lowest BCUT2D eigenvalue weighted by atomic mass is 9.94. The predicted octanol–water partition coefficient (Wildman–Crippen LogP) is 5.62. The summed E-state index contributed by atoms with van der Waals surface area (Å²) in [6.07, 6.45) is 15.6. The van der Waals surface area contributed by atoms with Gasteiger partial charge < -0.3 is 20.6 Å². The van der Waals surface area contributed by atoms with Gasteiger partial charge >= 0.3 is 5.97 Å². The summed E-state index contributed by atoms with van der Waals surface area (Å²) in [6, 6.07) is 7.33. The summed E-state index contributed by atoms with van der Waals surface area (Å²) in [5.41, 5.74) is 2.18. The number of unbranched alkanes of at least 4 members (excludes halogenated alkanes) is 5. The van der Waals surface area contributed by atoms with Gasteiger partial charge in [0.1, 0.15) is 5.75 Å². The van der Waals surface area contributed by atoms with Crippen LogP contribution in [0.25, 0.3) is 0 Å². The highest BCUT2D eigenvalue weighted by molar-refractivity contribution is 5.66. The van der Waals surface area contributed by atoms with Gasteiger partial charge in [0, 0.05) is 13.0 Å². The zero-order chi connectivity index (χ0) is 23.6. The molecule has 2 atom stereocenters. The lowest BCUT2D eigenvalue weighted by Gasteiger charge is -2.15. The van der Waals surface area contributed by atoms with Crippen LogP contribution in [0.5, 0.6) is 5.75 Å². The molecule has 0 aliphatic rings. The van der Waals surface area contributed by atoms with E-state index < -0.39 is 12.1 Å². The minimum atomic E-state index is -0.721. The third-order valence-electron chi connectivity index (χ3n) is 5.59. The third kappa shape index (κ3) is 14.0. The predicted molar refractivity (Wildman–Crippen MR) is 132 cm³/mol. The Balaban J connectivity index is 2.80. The molecular weight excluding hydrogens is 402 g/mol. The fourth-order valence-electron chi connectivity index (χ4n) is 3.86. The van der Waals surface area contributed by atoms with Crippen molar-refractivity contribution in [2.24, 2.45) is 5.92 Å². The molecule has 0 aliphatic carbocycles. The van der Waals surface area contributed by atoms with Gasteiger partial charge in [-0.05, 0) is 61.9 Å². The molecule has 0 spiro atoms. The maximum atomic E-state index is 10.6. The molecule has 0 amide bonds. The normalized spacial score (nSPS) is 14.0. The summed E-state index contributed by atoms with van der Waals surface area (Å²) >= 11 is 0. The van der Waals surface area contributed by atoms with E-state index in [1.54, 1.807) is 12.1 Å². The van der Waals surface area contributed by atoms with Crippen LogP contribution in [0, 0.1) is 5.92 Å². The Hall–Kier alpha value is -2.11. The van der Waals surface area contributed by atoms with E-state index in [1.807, 2.05) is 31.3 Å². The minimum Gasteiger partial charge on any atom is -0.508 e. The first-order chi connectivity index (χ1) is 15.4. The second-order valence-corrected chi connectivity index (χ2v) is 8.67. The van der Waals surface area contributed by atoms with Gasteiger partial charge in [-0.15, -0.1) is 0 Å². The molecule has 4 N–H and O–H groups in total. The first kappa shape index (κ1) is 27.9. The Morgan fingerprint density at radius 1 is 1.09 bits per heavy atom. The summed E-state index contributed by atoms with van der Waals surface area (Å²) in [6.45, 7) is 3.03. The van der Waals surface area contributed by atoms with Crippen LogP contribution >= 0.6 is 0 Å². The quantitative estimate of drug-likeness (QED) is 0.174. The summed E-state index contributed by atoms with van der Waals surface area (Å²) in [7, 11) is 1.95. The average molecular weight is 446 g/mol. The summed E-state index contributed by atoms with van der Waals surface area (Å²) < 4.78 is 0.